The molecule has 0 spiro atoms. The molecule has 0 aliphatic heterocycles. The predicted molar refractivity (Wildman–Crippen MR) is 58.0 cm³/mol. The summed E-state index contributed by atoms with van der Waals surface area (Å²) in [5, 5.41) is 10.7. The first-order chi connectivity index (χ1) is 6.50. The Balaban J connectivity index is 2.84. The smallest absolute Gasteiger partial charge is 0.0883 e. The highest BCUT2D eigenvalue weighted by molar-refractivity contribution is 5.10. The summed E-state index contributed by atoms with van der Waals surface area (Å²) >= 11 is 0. The summed E-state index contributed by atoms with van der Waals surface area (Å²) in [6.07, 6.45) is 3.11. The van der Waals surface area contributed by atoms with Crippen LogP contribution in [0.4, 0.5) is 0 Å². The number of aromatic amines is 1. The second-order valence-electron chi connectivity index (χ2n) is 4.75. The summed E-state index contributed by atoms with van der Waals surface area (Å²) in [6, 6.07) is 0. The van der Waals surface area contributed by atoms with E-state index < -0.39 is 0 Å². The number of hydrogen-bond donors (Lipinski definition) is 1. The van der Waals surface area contributed by atoms with Gasteiger partial charge in [0.25, 0.3) is 0 Å². The summed E-state index contributed by atoms with van der Waals surface area (Å²) in [7, 11) is 0. The van der Waals surface area contributed by atoms with E-state index >= 15 is 0 Å². The highest BCUT2D eigenvalue weighted by atomic mass is 15.3. The number of aromatic nitrogens is 3. The highest BCUT2D eigenvalue weighted by Crippen LogP contribution is 2.35. The zero-order valence-electron chi connectivity index (χ0n) is 9.83. The van der Waals surface area contributed by atoms with Crippen LogP contribution in [0.1, 0.15) is 46.7 Å². The molecule has 1 N–H and O–H groups in total. The van der Waals surface area contributed by atoms with Crippen molar-refractivity contribution in [2.45, 2.75) is 46.5 Å². The van der Waals surface area contributed by atoms with Crippen LogP contribution in [-0.4, -0.2) is 15.4 Å². The van der Waals surface area contributed by atoms with E-state index in [1.807, 2.05) is 6.20 Å². The van der Waals surface area contributed by atoms with E-state index in [1.165, 1.54) is 6.42 Å². The van der Waals surface area contributed by atoms with Crippen LogP contribution < -0.4 is 0 Å². The molecule has 1 aromatic rings. The molecule has 0 saturated carbocycles. The van der Waals surface area contributed by atoms with Gasteiger partial charge in [0.05, 0.1) is 5.69 Å². The van der Waals surface area contributed by atoms with Gasteiger partial charge in [-0.15, -0.1) is 5.10 Å². The van der Waals surface area contributed by atoms with Crippen LogP contribution in [0, 0.1) is 11.8 Å². The number of H-pyrrole nitrogens is 1. The van der Waals surface area contributed by atoms with Crippen LogP contribution >= 0.6 is 0 Å². The lowest BCUT2D eigenvalue weighted by Gasteiger charge is -2.33. The molecule has 3 nitrogen and oxygen atoms in total. The zero-order valence-corrected chi connectivity index (χ0v) is 9.83. The first-order valence-electron chi connectivity index (χ1n) is 5.37. The molecule has 0 fully saturated rings. The average molecular weight is 195 g/mol. The Bertz CT molecular complexity index is 264. The topological polar surface area (TPSA) is 41.6 Å². The molecule has 3 heteroatoms. The van der Waals surface area contributed by atoms with Gasteiger partial charge in [-0.25, -0.2) is 0 Å². The van der Waals surface area contributed by atoms with E-state index in [0.717, 1.165) is 5.69 Å². The second-order valence-corrected chi connectivity index (χ2v) is 4.75. The summed E-state index contributed by atoms with van der Waals surface area (Å²) in [5.74, 6) is 1.32. The molecule has 1 aromatic heterocycles. The molecule has 2 atom stereocenters. The third-order valence-electron chi connectivity index (χ3n) is 3.71. The molecule has 0 aliphatic rings. The Kier molecular flexibility index (Phi) is 3.29. The van der Waals surface area contributed by atoms with Crippen LogP contribution in [-0.2, 0) is 5.41 Å². The Morgan fingerprint density at radius 2 is 2.07 bits per heavy atom. The standard InChI is InChI=1S/C11H21N3/c1-6-8(2)9(3)11(4,5)10-7-12-14-13-10/h7-9H,6H2,1-5H3,(H,12,13,14). The van der Waals surface area contributed by atoms with Gasteiger partial charge in [-0.2, -0.15) is 0 Å². The molecule has 0 bridgehead atoms. The van der Waals surface area contributed by atoms with Crippen LogP contribution in [0.2, 0.25) is 0 Å². The highest BCUT2D eigenvalue weighted by Gasteiger charge is 2.32. The van der Waals surface area contributed by atoms with Crippen molar-refractivity contribution in [3.05, 3.63) is 11.9 Å². The summed E-state index contributed by atoms with van der Waals surface area (Å²) in [5.41, 5.74) is 1.16. The zero-order chi connectivity index (χ0) is 10.8. The van der Waals surface area contributed by atoms with Crippen molar-refractivity contribution in [2.75, 3.05) is 0 Å². The molecule has 0 aromatic carbocycles. The van der Waals surface area contributed by atoms with Gasteiger partial charge in [0, 0.05) is 11.6 Å². The molecule has 0 saturated heterocycles. The normalized spacial score (nSPS) is 16.6. The first kappa shape index (κ1) is 11.2. The Morgan fingerprint density at radius 1 is 1.43 bits per heavy atom. The molecule has 80 valence electrons. The molecule has 0 amide bonds. The van der Waals surface area contributed by atoms with Crippen molar-refractivity contribution < 1.29 is 0 Å². The Hall–Kier alpha value is -0.860. The van der Waals surface area contributed by atoms with Crippen molar-refractivity contribution >= 4 is 0 Å². The van der Waals surface area contributed by atoms with E-state index in [0.29, 0.717) is 11.8 Å². The Labute approximate surface area is 86.3 Å². The molecule has 0 aliphatic carbocycles. The third-order valence-corrected chi connectivity index (χ3v) is 3.71. The van der Waals surface area contributed by atoms with Crippen LogP contribution in [0.5, 0.6) is 0 Å². The molecular weight excluding hydrogens is 174 g/mol. The number of nitrogens with one attached hydrogen (secondary N) is 1. The maximum atomic E-state index is 4.12. The maximum Gasteiger partial charge on any atom is 0.0883 e. The lowest BCUT2D eigenvalue weighted by atomic mass is 9.71. The fourth-order valence-corrected chi connectivity index (χ4v) is 1.81. The van der Waals surface area contributed by atoms with Crippen LogP contribution in [0.15, 0.2) is 6.20 Å². The van der Waals surface area contributed by atoms with Crippen LogP contribution in [0.3, 0.4) is 0 Å². The van der Waals surface area contributed by atoms with Gasteiger partial charge in [0.1, 0.15) is 0 Å². The van der Waals surface area contributed by atoms with Gasteiger partial charge in [-0.1, -0.05) is 46.3 Å². The number of hydrogen-bond acceptors (Lipinski definition) is 2. The third kappa shape index (κ3) is 1.97. The van der Waals surface area contributed by atoms with E-state index in [1.54, 1.807) is 0 Å². The van der Waals surface area contributed by atoms with Gasteiger partial charge in [0.2, 0.25) is 0 Å². The first-order valence-corrected chi connectivity index (χ1v) is 5.37. The van der Waals surface area contributed by atoms with Gasteiger partial charge >= 0.3 is 0 Å². The van der Waals surface area contributed by atoms with E-state index in [9.17, 15) is 0 Å². The fourth-order valence-electron chi connectivity index (χ4n) is 1.81. The summed E-state index contributed by atoms with van der Waals surface area (Å²) in [6.45, 7) is 11.3. The minimum Gasteiger partial charge on any atom is -0.265 e. The molecule has 1 heterocycles. The van der Waals surface area contributed by atoms with Crippen molar-refractivity contribution in [3.8, 4) is 0 Å². The number of nitrogens with zero attached hydrogens (tertiary/aromatic N) is 2. The van der Waals surface area contributed by atoms with Crippen LogP contribution in [0.25, 0.3) is 0 Å². The largest absolute Gasteiger partial charge is 0.265 e. The molecule has 14 heavy (non-hydrogen) atoms. The fraction of sp³-hybridized carbons (Fsp3) is 0.818. The average Bonchev–Trinajstić information content (AvgIpc) is 2.68. The van der Waals surface area contributed by atoms with Gasteiger partial charge in [0.15, 0.2) is 0 Å². The van der Waals surface area contributed by atoms with E-state index in [-0.39, 0.29) is 5.41 Å². The predicted octanol–water partition coefficient (Wildman–Crippen LogP) is 2.76. The SMILES string of the molecule is CCC(C)C(C)C(C)(C)c1c[nH]nn1. The second kappa shape index (κ2) is 4.11. The van der Waals surface area contributed by atoms with Crippen molar-refractivity contribution in [1.82, 2.24) is 15.4 Å². The van der Waals surface area contributed by atoms with E-state index in [2.05, 4.69) is 50.0 Å². The van der Waals surface area contributed by atoms with E-state index in [4.69, 9.17) is 0 Å². The van der Waals surface area contributed by atoms with Crippen molar-refractivity contribution in [1.29, 1.82) is 0 Å². The lowest BCUT2D eigenvalue weighted by molar-refractivity contribution is 0.238. The maximum absolute atomic E-state index is 4.12. The van der Waals surface area contributed by atoms with Crippen molar-refractivity contribution in [3.63, 3.8) is 0 Å². The summed E-state index contributed by atoms with van der Waals surface area (Å²) in [4.78, 5) is 0. The molecule has 0 radical (unpaired) electrons. The monoisotopic (exact) mass is 195 g/mol. The molecular formula is C11H21N3. The van der Waals surface area contributed by atoms with Gasteiger partial charge < -0.3 is 0 Å². The van der Waals surface area contributed by atoms with Gasteiger partial charge in [-0.3, -0.25) is 5.10 Å². The van der Waals surface area contributed by atoms with Gasteiger partial charge in [-0.05, 0) is 11.8 Å². The Morgan fingerprint density at radius 3 is 2.50 bits per heavy atom. The minimum atomic E-state index is 0.0996. The minimum absolute atomic E-state index is 0.0996. The number of rotatable bonds is 4. The lowest BCUT2D eigenvalue weighted by Crippen LogP contribution is -2.31. The quantitative estimate of drug-likeness (QED) is 0.802. The summed E-state index contributed by atoms with van der Waals surface area (Å²) < 4.78 is 0. The molecule has 2 unspecified atom stereocenters. The molecule has 1 rings (SSSR count). The van der Waals surface area contributed by atoms with Crippen molar-refractivity contribution in [2.24, 2.45) is 11.8 Å².